The third-order valence-electron chi connectivity index (χ3n) is 2.88. The van der Waals surface area contributed by atoms with Crippen LogP contribution in [-0.4, -0.2) is 16.9 Å². The lowest BCUT2D eigenvalue weighted by molar-refractivity contribution is 0.102. The monoisotopic (exact) mass is 347 g/mol. The molecule has 1 amide bonds. The molecule has 0 atom stereocenters. The molecule has 0 aliphatic rings. The van der Waals surface area contributed by atoms with Crippen LogP contribution < -0.4 is 10.6 Å². The van der Waals surface area contributed by atoms with E-state index in [2.05, 4.69) is 31.5 Å². The Hall–Kier alpha value is -1.88. The van der Waals surface area contributed by atoms with Gasteiger partial charge in [0.05, 0.1) is 0 Å². The summed E-state index contributed by atoms with van der Waals surface area (Å²) < 4.78 is 0.985. The summed E-state index contributed by atoms with van der Waals surface area (Å²) in [6.07, 6.45) is 1.63. The summed E-state index contributed by atoms with van der Waals surface area (Å²) in [4.78, 5) is 16.4. The van der Waals surface area contributed by atoms with Gasteiger partial charge >= 0.3 is 0 Å². The Labute approximate surface area is 133 Å². The van der Waals surface area contributed by atoms with Gasteiger partial charge in [-0.2, -0.15) is 0 Å². The molecule has 110 valence electrons. The number of carbonyl (C=O) groups is 1. The first-order valence-corrected chi connectivity index (χ1v) is 7.55. The molecular formula is C16H18BrN3O. The summed E-state index contributed by atoms with van der Waals surface area (Å²) in [6.45, 7) is 6.04. The summed E-state index contributed by atoms with van der Waals surface area (Å²) in [7, 11) is 0. The van der Waals surface area contributed by atoms with Crippen LogP contribution in [0.2, 0.25) is 0 Å². The van der Waals surface area contributed by atoms with E-state index in [0.29, 0.717) is 11.7 Å². The number of halogens is 1. The number of pyridine rings is 1. The Morgan fingerprint density at radius 1 is 1.24 bits per heavy atom. The first-order chi connectivity index (χ1) is 9.95. The van der Waals surface area contributed by atoms with Crippen molar-refractivity contribution in [1.82, 2.24) is 4.98 Å². The second-order valence-electron chi connectivity index (χ2n) is 5.14. The summed E-state index contributed by atoms with van der Waals surface area (Å²) in [5.41, 5.74) is 3.06. The van der Waals surface area contributed by atoms with Gasteiger partial charge in [0, 0.05) is 28.1 Å². The largest absolute Gasteiger partial charge is 0.383 e. The first-order valence-electron chi connectivity index (χ1n) is 6.76. The van der Waals surface area contributed by atoms with Crippen molar-refractivity contribution in [2.24, 2.45) is 0 Å². The lowest BCUT2D eigenvalue weighted by Gasteiger charge is -2.11. The fraction of sp³-hybridized carbons (Fsp3) is 0.250. The van der Waals surface area contributed by atoms with Crippen molar-refractivity contribution in [3.8, 4) is 0 Å². The van der Waals surface area contributed by atoms with Gasteiger partial charge in [0.25, 0.3) is 5.91 Å². The highest BCUT2D eigenvalue weighted by atomic mass is 79.9. The third-order valence-corrected chi connectivity index (χ3v) is 3.38. The van der Waals surface area contributed by atoms with Crippen LogP contribution in [0.3, 0.4) is 0 Å². The Morgan fingerprint density at radius 2 is 2.00 bits per heavy atom. The summed E-state index contributed by atoms with van der Waals surface area (Å²) in [5.74, 6) is -0.215. The van der Waals surface area contributed by atoms with E-state index in [4.69, 9.17) is 0 Å². The van der Waals surface area contributed by atoms with Crippen molar-refractivity contribution in [3.05, 3.63) is 52.3 Å². The number of amides is 1. The number of hydrogen-bond donors (Lipinski definition) is 2. The molecule has 1 aromatic carbocycles. The Balaban J connectivity index is 2.16. The van der Waals surface area contributed by atoms with E-state index in [-0.39, 0.29) is 5.91 Å². The quantitative estimate of drug-likeness (QED) is 0.870. The average Bonchev–Trinajstić information content (AvgIpc) is 2.41. The molecule has 0 aliphatic carbocycles. The van der Waals surface area contributed by atoms with Crippen LogP contribution in [0.1, 0.15) is 29.9 Å². The third kappa shape index (κ3) is 4.29. The minimum absolute atomic E-state index is 0.215. The fourth-order valence-electron chi connectivity index (χ4n) is 1.93. The molecule has 2 rings (SSSR count). The van der Waals surface area contributed by atoms with E-state index in [1.807, 2.05) is 45.0 Å². The second-order valence-corrected chi connectivity index (χ2v) is 6.06. The lowest BCUT2D eigenvalue weighted by atomic mass is 10.2. The molecule has 0 unspecified atom stereocenters. The maximum atomic E-state index is 12.3. The molecule has 0 spiro atoms. The zero-order chi connectivity index (χ0) is 15.4. The number of aromatic nitrogens is 1. The highest BCUT2D eigenvalue weighted by Crippen LogP contribution is 2.20. The molecule has 0 fully saturated rings. The topological polar surface area (TPSA) is 54.0 Å². The van der Waals surface area contributed by atoms with Crippen LogP contribution in [0.5, 0.6) is 0 Å². The van der Waals surface area contributed by atoms with Gasteiger partial charge in [0.15, 0.2) is 0 Å². The van der Waals surface area contributed by atoms with Crippen LogP contribution in [-0.2, 0) is 0 Å². The molecule has 0 saturated heterocycles. The molecule has 0 bridgehead atoms. The standard InChI is InChI=1S/C16H18BrN3O/c1-10(2)19-13-6-7-18-15(9-13)16(21)20-14-5-4-12(17)8-11(14)3/h4-10H,1-3H3,(H,18,19)(H,20,21). The number of aryl methyl sites for hydroxylation is 1. The van der Waals surface area contributed by atoms with Gasteiger partial charge in [0.2, 0.25) is 0 Å². The number of anilines is 2. The number of benzene rings is 1. The molecular weight excluding hydrogens is 330 g/mol. The predicted molar refractivity (Wildman–Crippen MR) is 89.8 cm³/mol. The smallest absolute Gasteiger partial charge is 0.274 e. The number of nitrogens with one attached hydrogen (secondary N) is 2. The van der Waals surface area contributed by atoms with Crippen molar-refractivity contribution in [2.45, 2.75) is 26.8 Å². The predicted octanol–water partition coefficient (Wildman–Crippen LogP) is 4.23. The first kappa shape index (κ1) is 15.5. The number of rotatable bonds is 4. The molecule has 4 nitrogen and oxygen atoms in total. The number of carbonyl (C=O) groups excluding carboxylic acids is 1. The molecule has 1 aromatic heterocycles. The molecule has 1 heterocycles. The lowest BCUT2D eigenvalue weighted by Crippen LogP contribution is -2.16. The van der Waals surface area contributed by atoms with Crippen LogP contribution >= 0.6 is 15.9 Å². The van der Waals surface area contributed by atoms with Crippen molar-refractivity contribution in [3.63, 3.8) is 0 Å². The second kappa shape index (κ2) is 6.72. The van der Waals surface area contributed by atoms with E-state index in [9.17, 15) is 4.79 Å². The maximum Gasteiger partial charge on any atom is 0.274 e. The van der Waals surface area contributed by atoms with E-state index >= 15 is 0 Å². The van der Waals surface area contributed by atoms with Crippen molar-refractivity contribution in [1.29, 1.82) is 0 Å². The van der Waals surface area contributed by atoms with Crippen LogP contribution in [0.25, 0.3) is 0 Å². The number of nitrogens with zero attached hydrogens (tertiary/aromatic N) is 1. The van der Waals surface area contributed by atoms with Gasteiger partial charge in [-0.05, 0) is 56.7 Å². The zero-order valence-electron chi connectivity index (χ0n) is 12.3. The average molecular weight is 348 g/mol. The van der Waals surface area contributed by atoms with Crippen LogP contribution in [0.4, 0.5) is 11.4 Å². The minimum atomic E-state index is -0.215. The molecule has 21 heavy (non-hydrogen) atoms. The fourth-order valence-corrected chi connectivity index (χ4v) is 2.41. The molecule has 5 heteroatoms. The van der Waals surface area contributed by atoms with E-state index < -0.39 is 0 Å². The van der Waals surface area contributed by atoms with E-state index in [1.165, 1.54) is 0 Å². The number of hydrogen-bond acceptors (Lipinski definition) is 3. The van der Waals surface area contributed by atoms with Crippen molar-refractivity contribution in [2.75, 3.05) is 10.6 Å². The molecule has 0 radical (unpaired) electrons. The van der Waals surface area contributed by atoms with Crippen molar-refractivity contribution >= 4 is 33.2 Å². The normalized spacial score (nSPS) is 10.5. The highest BCUT2D eigenvalue weighted by molar-refractivity contribution is 9.10. The summed E-state index contributed by atoms with van der Waals surface area (Å²) in [6, 6.07) is 9.63. The van der Waals surface area contributed by atoms with Crippen LogP contribution in [0, 0.1) is 6.92 Å². The van der Waals surface area contributed by atoms with Gasteiger partial charge in [-0.25, -0.2) is 0 Å². The Bertz CT molecular complexity index is 656. The Kier molecular flexibility index (Phi) is 4.96. The molecule has 2 aromatic rings. The van der Waals surface area contributed by atoms with Gasteiger partial charge in [-0.1, -0.05) is 15.9 Å². The van der Waals surface area contributed by atoms with Gasteiger partial charge in [-0.3, -0.25) is 9.78 Å². The zero-order valence-corrected chi connectivity index (χ0v) is 13.9. The highest BCUT2D eigenvalue weighted by Gasteiger charge is 2.10. The minimum Gasteiger partial charge on any atom is -0.383 e. The van der Waals surface area contributed by atoms with Gasteiger partial charge in [-0.15, -0.1) is 0 Å². The van der Waals surface area contributed by atoms with Crippen LogP contribution in [0.15, 0.2) is 41.0 Å². The Morgan fingerprint density at radius 3 is 2.67 bits per heavy atom. The molecule has 0 aliphatic heterocycles. The summed E-state index contributed by atoms with van der Waals surface area (Å²) >= 11 is 3.41. The summed E-state index contributed by atoms with van der Waals surface area (Å²) in [5, 5.41) is 6.14. The SMILES string of the molecule is Cc1cc(Br)ccc1NC(=O)c1cc(NC(C)C)ccn1. The van der Waals surface area contributed by atoms with E-state index in [1.54, 1.807) is 12.3 Å². The van der Waals surface area contributed by atoms with Gasteiger partial charge < -0.3 is 10.6 Å². The molecule has 2 N–H and O–H groups in total. The van der Waals surface area contributed by atoms with Crippen molar-refractivity contribution < 1.29 is 4.79 Å². The van der Waals surface area contributed by atoms with E-state index in [0.717, 1.165) is 21.4 Å². The maximum absolute atomic E-state index is 12.3. The van der Waals surface area contributed by atoms with Gasteiger partial charge in [0.1, 0.15) is 5.69 Å². The molecule has 0 saturated carbocycles.